The zero-order valence-corrected chi connectivity index (χ0v) is 19.0. The number of anilines is 2. The predicted molar refractivity (Wildman–Crippen MR) is 120 cm³/mol. The predicted octanol–water partition coefficient (Wildman–Crippen LogP) is 3.91. The van der Waals surface area contributed by atoms with Crippen molar-refractivity contribution in [2.24, 2.45) is 5.73 Å². The molecule has 0 atom stereocenters. The quantitative estimate of drug-likeness (QED) is 0.571. The molecular weight excluding hydrogens is 422 g/mol. The van der Waals surface area contributed by atoms with Crippen LogP contribution in [0.1, 0.15) is 39.7 Å². The summed E-state index contributed by atoms with van der Waals surface area (Å²) in [4.78, 5) is 35.1. The summed E-state index contributed by atoms with van der Waals surface area (Å²) in [5.41, 5.74) is 7.87. The maximum Gasteiger partial charge on any atom is 0.282 e. The largest absolute Gasteiger partial charge is 0.489 e. The van der Waals surface area contributed by atoms with E-state index in [1.807, 2.05) is 26.2 Å². The monoisotopic (exact) mass is 445 g/mol. The molecule has 0 spiro atoms. The number of hydrogen-bond acceptors (Lipinski definition) is 8. The molecule has 8 nitrogen and oxygen atoms in total. The molecule has 3 N–H and O–H groups in total. The number of nitrogens with one attached hydrogen (secondary N) is 1. The van der Waals surface area contributed by atoms with E-state index in [1.54, 1.807) is 32.3 Å². The standard InChI is InChI=1S/C20H23N5O3S2/c1-10(2)28-15-7-6-12(17(21)26)8-13(15)23-20-24-14(9-29-20)16-11(3)22-18(30-16)19(27)25(4)5/h6-10H,1-5H3,(H2,21,26)(H,23,24). The number of nitrogens with two attached hydrogens (primary N) is 1. The van der Waals surface area contributed by atoms with E-state index in [-0.39, 0.29) is 12.0 Å². The van der Waals surface area contributed by atoms with Gasteiger partial charge in [0.15, 0.2) is 10.1 Å². The first-order valence-electron chi connectivity index (χ1n) is 9.18. The summed E-state index contributed by atoms with van der Waals surface area (Å²) in [7, 11) is 3.39. The normalized spacial score (nSPS) is 10.9. The van der Waals surface area contributed by atoms with Crippen molar-refractivity contribution in [3.63, 3.8) is 0 Å². The fraction of sp³-hybridized carbons (Fsp3) is 0.300. The summed E-state index contributed by atoms with van der Waals surface area (Å²) in [6.45, 7) is 5.70. The molecular formula is C20H23N5O3S2. The van der Waals surface area contributed by atoms with Crippen LogP contribution in [0.25, 0.3) is 10.6 Å². The molecule has 0 radical (unpaired) electrons. The van der Waals surface area contributed by atoms with Crippen molar-refractivity contribution in [3.05, 3.63) is 39.8 Å². The molecule has 2 aromatic heterocycles. The van der Waals surface area contributed by atoms with E-state index in [4.69, 9.17) is 10.5 Å². The van der Waals surface area contributed by atoms with Gasteiger partial charge >= 0.3 is 0 Å². The average molecular weight is 446 g/mol. The second-order valence-electron chi connectivity index (χ2n) is 7.04. The van der Waals surface area contributed by atoms with Crippen LogP contribution in [-0.2, 0) is 0 Å². The third kappa shape index (κ3) is 4.77. The summed E-state index contributed by atoms with van der Waals surface area (Å²) >= 11 is 2.72. The number of benzene rings is 1. The Morgan fingerprint density at radius 2 is 1.97 bits per heavy atom. The van der Waals surface area contributed by atoms with Crippen LogP contribution >= 0.6 is 22.7 Å². The van der Waals surface area contributed by atoms with Gasteiger partial charge < -0.3 is 20.7 Å². The Morgan fingerprint density at radius 1 is 1.23 bits per heavy atom. The number of carbonyl (C=O) groups excluding carboxylic acids is 2. The van der Waals surface area contributed by atoms with Crippen LogP contribution in [0.15, 0.2) is 23.6 Å². The molecule has 3 aromatic rings. The highest BCUT2D eigenvalue weighted by molar-refractivity contribution is 7.18. The molecule has 0 aliphatic rings. The molecule has 0 saturated carbocycles. The average Bonchev–Trinajstić information content (AvgIpc) is 3.28. The van der Waals surface area contributed by atoms with Gasteiger partial charge in [0.1, 0.15) is 5.75 Å². The van der Waals surface area contributed by atoms with Crippen molar-refractivity contribution in [1.82, 2.24) is 14.9 Å². The Bertz CT molecular complexity index is 1090. The van der Waals surface area contributed by atoms with E-state index in [0.717, 1.165) is 16.3 Å². The minimum atomic E-state index is -0.521. The summed E-state index contributed by atoms with van der Waals surface area (Å²) in [6.07, 6.45) is -0.0377. The Kier molecular flexibility index (Phi) is 6.37. The molecule has 1 aromatic carbocycles. The molecule has 10 heteroatoms. The van der Waals surface area contributed by atoms with Crippen LogP contribution in [0.3, 0.4) is 0 Å². The lowest BCUT2D eigenvalue weighted by atomic mass is 10.1. The van der Waals surface area contributed by atoms with Crippen LogP contribution < -0.4 is 15.8 Å². The van der Waals surface area contributed by atoms with Gasteiger partial charge in [-0.15, -0.1) is 22.7 Å². The molecule has 0 aliphatic heterocycles. The number of primary amides is 1. The van der Waals surface area contributed by atoms with Gasteiger partial charge in [0.25, 0.3) is 5.91 Å². The number of nitrogens with zero attached hydrogens (tertiary/aromatic N) is 3. The molecule has 0 aliphatic carbocycles. The highest BCUT2D eigenvalue weighted by atomic mass is 32.1. The molecule has 0 unspecified atom stereocenters. The summed E-state index contributed by atoms with van der Waals surface area (Å²) < 4.78 is 5.83. The van der Waals surface area contributed by atoms with Crippen molar-refractivity contribution >= 4 is 45.3 Å². The van der Waals surface area contributed by atoms with Crippen molar-refractivity contribution < 1.29 is 14.3 Å². The number of amides is 2. The Labute approximate surface area is 182 Å². The smallest absolute Gasteiger partial charge is 0.282 e. The Morgan fingerprint density at radius 3 is 2.60 bits per heavy atom. The molecule has 3 rings (SSSR count). The van der Waals surface area contributed by atoms with Crippen LogP contribution in [-0.4, -0.2) is 46.9 Å². The van der Waals surface area contributed by atoms with Gasteiger partial charge in [-0.3, -0.25) is 9.59 Å². The van der Waals surface area contributed by atoms with E-state index in [2.05, 4.69) is 15.3 Å². The number of ether oxygens (including phenoxy) is 1. The summed E-state index contributed by atoms with van der Waals surface area (Å²) in [6, 6.07) is 4.98. The topological polar surface area (TPSA) is 110 Å². The Balaban J connectivity index is 1.90. The fourth-order valence-corrected chi connectivity index (χ4v) is 4.44. The van der Waals surface area contributed by atoms with E-state index in [0.29, 0.717) is 27.1 Å². The third-order valence-electron chi connectivity index (χ3n) is 3.99. The summed E-state index contributed by atoms with van der Waals surface area (Å²) in [5, 5.41) is 6.16. The number of rotatable bonds is 7. The lowest BCUT2D eigenvalue weighted by Gasteiger charge is -2.15. The molecule has 2 amide bonds. The molecule has 2 heterocycles. The van der Waals surface area contributed by atoms with Gasteiger partial charge in [0.05, 0.1) is 28.1 Å². The van der Waals surface area contributed by atoms with Gasteiger partial charge in [-0.05, 0) is 39.0 Å². The first-order valence-corrected chi connectivity index (χ1v) is 10.9. The molecule has 30 heavy (non-hydrogen) atoms. The number of thiazole rings is 2. The molecule has 0 fully saturated rings. The van der Waals surface area contributed by atoms with Gasteiger partial charge in [-0.1, -0.05) is 0 Å². The van der Waals surface area contributed by atoms with E-state index in [1.165, 1.54) is 27.6 Å². The highest BCUT2D eigenvalue weighted by Crippen LogP contribution is 2.35. The van der Waals surface area contributed by atoms with E-state index < -0.39 is 5.91 Å². The van der Waals surface area contributed by atoms with Crippen LogP contribution in [0.2, 0.25) is 0 Å². The molecule has 158 valence electrons. The fourth-order valence-electron chi connectivity index (χ4n) is 2.61. The Hall–Kier alpha value is -2.98. The minimum Gasteiger partial charge on any atom is -0.489 e. The van der Waals surface area contributed by atoms with Gasteiger partial charge in [-0.2, -0.15) is 0 Å². The van der Waals surface area contributed by atoms with E-state index in [9.17, 15) is 9.59 Å². The number of aryl methyl sites for hydroxylation is 1. The molecule has 0 bridgehead atoms. The van der Waals surface area contributed by atoms with Gasteiger partial charge in [0, 0.05) is 25.0 Å². The van der Waals surface area contributed by atoms with Gasteiger partial charge in [0.2, 0.25) is 5.91 Å². The number of hydrogen-bond donors (Lipinski definition) is 2. The highest BCUT2D eigenvalue weighted by Gasteiger charge is 2.19. The number of aromatic nitrogens is 2. The SMILES string of the molecule is Cc1nc(C(=O)N(C)C)sc1-c1csc(Nc2cc(C(N)=O)ccc2OC(C)C)n1. The lowest BCUT2D eigenvalue weighted by molar-refractivity contribution is 0.0826. The van der Waals surface area contributed by atoms with Crippen LogP contribution in [0.4, 0.5) is 10.8 Å². The van der Waals surface area contributed by atoms with Crippen molar-refractivity contribution in [3.8, 4) is 16.3 Å². The van der Waals surface area contributed by atoms with Crippen molar-refractivity contribution in [2.75, 3.05) is 19.4 Å². The second-order valence-corrected chi connectivity index (χ2v) is 8.89. The maximum absolute atomic E-state index is 12.2. The first-order chi connectivity index (χ1) is 14.2. The summed E-state index contributed by atoms with van der Waals surface area (Å²) in [5.74, 6) is -0.0615. The molecule has 0 saturated heterocycles. The van der Waals surface area contributed by atoms with Crippen LogP contribution in [0, 0.1) is 6.92 Å². The second kappa shape index (κ2) is 8.80. The zero-order chi connectivity index (χ0) is 22.0. The number of carbonyl (C=O) groups is 2. The zero-order valence-electron chi connectivity index (χ0n) is 17.3. The van der Waals surface area contributed by atoms with Gasteiger partial charge in [-0.25, -0.2) is 9.97 Å². The van der Waals surface area contributed by atoms with Crippen molar-refractivity contribution in [1.29, 1.82) is 0 Å². The maximum atomic E-state index is 12.2. The minimum absolute atomic E-state index is 0.0377. The van der Waals surface area contributed by atoms with Crippen LogP contribution in [0.5, 0.6) is 5.75 Å². The first kappa shape index (κ1) is 21.7. The van der Waals surface area contributed by atoms with Crippen molar-refractivity contribution in [2.45, 2.75) is 26.9 Å². The van der Waals surface area contributed by atoms with E-state index >= 15 is 0 Å². The third-order valence-corrected chi connectivity index (χ3v) is 5.92. The lowest BCUT2D eigenvalue weighted by Crippen LogP contribution is -2.21.